The normalized spacial score (nSPS) is 14.9. The third-order valence-electron chi connectivity index (χ3n) is 5.37. The van der Waals surface area contributed by atoms with E-state index in [1.807, 2.05) is 27.7 Å². The van der Waals surface area contributed by atoms with Gasteiger partial charge in [-0.15, -0.1) is 0 Å². The molecule has 190 valence electrons. The van der Waals surface area contributed by atoms with E-state index in [1.165, 1.54) is 23.1 Å². The fourth-order valence-electron chi connectivity index (χ4n) is 3.84. The van der Waals surface area contributed by atoms with E-state index in [2.05, 4.69) is 6.07 Å². The van der Waals surface area contributed by atoms with Crippen LogP contribution in [0.2, 0.25) is 5.02 Å². The first-order chi connectivity index (χ1) is 16.9. The van der Waals surface area contributed by atoms with Crippen LogP contribution in [0, 0.1) is 11.3 Å². The third-order valence-corrected chi connectivity index (χ3v) is 9.44. The van der Waals surface area contributed by atoms with E-state index in [0.717, 1.165) is 30.8 Å². The summed E-state index contributed by atoms with van der Waals surface area (Å²) in [6, 6.07) is 12.8. The lowest BCUT2D eigenvalue weighted by Gasteiger charge is -2.20. The van der Waals surface area contributed by atoms with Crippen LogP contribution in [0.4, 0.5) is 5.69 Å². The van der Waals surface area contributed by atoms with E-state index < -0.39 is 26.0 Å². The number of aryl methyl sites for hydroxylation is 1. The molecule has 9 nitrogen and oxygen atoms in total. The van der Waals surface area contributed by atoms with Gasteiger partial charge in [0.05, 0.1) is 39.9 Å². The minimum absolute atomic E-state index is 0.170. The van der Waals surface area contributed by atoms with Gasteiger partial charge in [-0.2, -0.15) is 26.7 Å². The van der Waals surface area contributed by atoms with Gasteiger partial charge >= 0.3 is 0 Å². The zero-order valence-electron chi connectivity index (χ0n) is 18.7. The highest BCUT2D eigenvalue weighted by molar-refractivity contribution is 8.04. The van der Waals surface area contributed by atoms with E-state index >= 15 is 0 Å². The second-order valence-corrected chi connectivity index (χ2v) is 13.7. The molecular formula is C22H21ClN3O6S4+. The van der Waals surface area contributed by atoms with E-state index in [0.29, 0.717) is 23.7 Å². The van der Waals surface area contributed by atoms with Crippen molar-refractivity contribution in [2.75, 3.05) is 23.0 Å². The summed E-state index contributed by atoms with van der Waals surface area (Å²) >= 11 is 9.16. The van der Waals surface area contributed by atoms with Gasteiger partial charge in [-0.1, -0.05) is 34.7 Å². The summed E-state index contributed by atoms with van der Waals surface area (Å²) in [6.45, 7) is 0.609. The zero-order valence-corrected chi connectivity index (χ0v) is 22.7. The molecule has 1 aliphatic rings. The number of anilines is 1. The number of halogens is 1. The smallest absolute Gasteiger partial charge is 0.265 e. The Morgan fingerprint density at radius 3 is 2.47 bits per heavy atom. The van der Waals surface area contributed by atoms with Crippen LogP contribution in [0.15, 0.2) is 46.3 Å². The second kappa shape index (κ2) is 10.7. The molecule has 0 saturated carbocycles. The van der Waals surface area contributed by atoms with Gasteiger partial charge in [-0.05, 0) is 36.8 Å². The molecule has 0 aliphatic carbocycles. The highest BCUT2D eigenvalue weighted by Gasteiger charge is 2.28. The maximum atomic E-state index is 11.3. The molecule has 2 aromatic carbocycles. The molecule has 0 atom stereocenters. The van der Waals surface area contributed by atoms with Gasteiger partial charge in [-0.3, -0.25) is 9.11 Å². The van der Waals surface area contributed by atoms with Crippen molar-refractivity contribution in [3.63, 3.8) is 0 Å². The Bertz CT molecular complexity index is 1610. The van der Waals surface area contributed by atoms with Crippen molar-refractivity contribution in [2.24, 2.45) is 0 Å². The maximum Gasteiger partial charge on any atom is 0.265 e. The average Bonchev–Trinajstić information content (AvgIpc) is 3.29. The average molecular weight is 587 g/mol. The van der Waals surface area contributed by atoms with E-state index in [-0.39, 0.29) is 18.6 Å². The molecule has 36 heavy (non-hydrogen) atoms. The third kappa shape index (κ3) is 6.57. The van der Waals surface area contributed by atoms with Gasteiger partial charge in [0.15, 0.2) is 6.54 Å². The SMILES string of the molecule is N#Cc1ccc2sc(C=C3Sc4ccc(Cl)cc4N3CCCS(=O)(=O)O)[n+](CCCS(=O)(=O)O)c2c1. The first kappa shape index (κ1) is 26.9. The first-order valence-electron chi connectivity index (χ1n) is 10.7. The Balaban J connectivity index is 1.75. The zero-order chi connectivity index (χ0) is 26.1. The second-order valence-electron chi connectivity index (χ2n) is 8.01. The topological polar surface area (TPSA) is 140 Å². The summed E-state index contributed by atoms with van der Waals surface area (Å²) in [5.41, 5.74) is 2.05. The summed E-state index contributed by atoms with van der Waals surface area (Å²) in [5.74, 6) is -0.779. The molecule has 2 N–H and O–H groups in total. The quantitative estimate of drug-likeness (QED) is 0.279. The standard InChI is InChI=1S/C22H20ClN3O6S4/c23-16-4-6-20-18(12-16)26(8-2-10-36(30,31)32)22(34-20)13-21-25(7-1-9-35(27,28)29)17-11-15(14-24)3-5-19(17)33-21/h3-6,11-13H,1-2,7-10H2,(H-,27,28,29,30,31,32)/p+1. The molecule has 2 heterocycles. The predicted molar refractivity (Wildman–Crippen MR) is 141 cm³/mol. The summed E-state index contributed by atoms with van der Waals surface area (Å²) in [4.78, 5) is 2.87. The van der Waals surface area contributed by atoms with Gasteiger partial charge in [-0.25, -0.2) is 0 Å². The Morgan fingerprint density at radius 1 is 1.06 bits per heavy atom. The molecule has 0 saturated heterocycles. The highest BCUT2D eigenvalue weighted by atomic mass is 35.5. The van der Waals surface area contributed by atoms with Crippen LogP contribution in [-0.4, -0.2) is 44.0 Å². The molecule has 0 fully saturated rings. The Hall–Kier alpha value is -2.18. The number of nitrogens with zero attached hydrogens (tertiary/aromatic N) is 3. The largest absolute Gasteiger partial charge is 0.335 e. The van der Waals surface area contributed by atoms with Crippen molar-refractivity contribution < 1.29 is 30.5 Å². The monoisotopic (exact) mass is 586 g/mol. The van der Waals surface area contributed by atoms with Gasteiger partial charge < -0.3 is 4.90 Å². The van der Waals surface area contributed by atoms with Crippen molar-refractivity contribution >= 4 is 76.9 Å². The molecule has 0 bridgehead atoms. The number of thioether (sulfide) groups is 1. The fraction of sp³-hybridized carbons (Fsp3) is 0.273. The molecule has 0 amide bonds. The first-order valence-corrected chi connectivity index (χ1v) is 15.9. The Labute approximate surface area is 222 Å². The molecule has 4 rings (SSSR count). The van der Waals surface area contributed by atoms with E-state index in [1.54, 1.807) is 24.3 Å². The lowest BCUT2D eigenvalue weighted by atomic mass is 10.2. The van der Waals surface area contributed by atoms with Crippen LogP contribution in [0.3, 0.4) is 0 Å². The number of fused-ring (bicyclic) bond motifs is 2. The number of rotatable bonds is 9. The van der Waals surface area contributed by atoms with Crippen molar-refractivity contribution in [3.8, 4) is 6.07 Å². The summed E-state index contributed by atoms with van der Waals surface area (Å²) in [5, 5.41) is 11.5. The van der Waals surface area contributed by atoms with Crippen LogP contribution >= 0.6 is 34.7 Å². The molecule has 0 radical (unpaired) electrons. The number of hydrogen-bond donors (Lipinski definition) is 2. The molecule has 1 aromatic heterocycles. The summed E-state index contributed by atoms with van der Waals surface area (Å²) in [7, 11) is -8.23. The fourth-order valence-corrected chi connectivity index (χ4v) is 7.28. The van der Waals surface area contributed by atoms with E-state index in [4.69, 9.17) is 20.7 Å². The molecule has 1 aliphatic heterocycles. The van der Waals surface area contributed by atoms with Crippen molar-refractivity contribution in [1.29, 1.82) is 5.26 Å². The van der Waals surface area contributed by atoms with Crippen LogP contribution in [-0.2, 0) is 26.8 Å². The van der Waals surface area contributed by atoms with Crippen LogP contribution in [0.5, 0.6) is 0 Å². The number of thiazole rings is 1. The van der Waals surface area contributed by atoms with Crippen LogP contribution in [0.1, 0.15) is 23.4 Å². The number of benzene rings is 2. The maximum absolute atomic E-state index is 11.3. The van der Waals surface area contributed by atoms with Gasteiger partial charge in [0.25, 0.3) is 25.2 Å². The molecule has 14 heteroatoms. The number of aromatic nitrogens is 1. The lowest BCUT2D eigenvalue weighted by molar-refractivity contribution is -0.668. The minimum atomic E-state index is -4.12. The Morgan fingerprint density at radius 2 is 1.78 bits per heavy atom. The summed E-state index contributed by atoms with van der Waals surface area (Å²) < 4.78 is 66.2. The van der Waals surface area contributed by atoms with Crippen molar-refractivity contribution in [2.45, 2.75) is 24.3 Å². The van der Waals surface area contributed by atoms with Crippen LogP contribution in [0.25, 0.3) is 16.3 Å². The summed E-state index contributed by atoms with van der Waals surface area (Å²) in [6.07, 6.45) is 2.29. The van der Waals surface area contributed by atoms with Crippen molar-refractivity contribution in [3.05, 3.63) is 57.0 Å². The molecule has 3 aromatic rings. The Kier molecular flexibility index (Phi) is 7.96. The van der Waals surface area contributed by atoms with Gasteiger partial charge in [0.2, 0.25) is 5.52 Å². The van der Waals surface area contributed by atoms with Gasteiger partial charge in [0, 0.05) is 29.0 Å². The van der Waals surface area contributed by atoms with Crippen LogP contribution < -0.4 is 9.47 Å². The van der Waals surface area contributed by atoms with Crippen molar-refractivity contribution in [1.82, 2.24) is 0 Å². The number of hydrogen-bond acceptors (Lipinski definition) is 8. The molecule has 0 spiro atoms. The molecular weight excluding hydrogens is 566 g/mol. The lowest BCUT2D eigenvalue weighted by Crippen LogP contribution is -2.36. The minimum Gasteiger partial charge on any atom is -0.335 e. The van der Waals surface area contributed by atoms with E-state index in [9.17, 15) is 22.1 Å². The predicted octanol–water partition coefficient (Wildman–Crippen LogP) is 4.18. The highest BCUT2D eigenvalue weighted by Crippen LogP contribution is 2.47. The van der Waals surface area contributed by atoms with Gasteiger partial charge in [0.1, 0.15) is 4.70 Å². The molecule has 0 unspecified atom stereocenters. The number of nitriles is 1.